The van der Waals surface area contributed by atoms with Crippen LogP contribution in [0.1, 0.15) is 35.1 Å². The minimum Gasteiger partial charge on any atom is -0.484 e. The molecule has 2 aromatic carbocycles. The second-order valence-electron chi connectivity index (χ2n) is 8.24. The number of aryl methyl sites for hydroxylation is 3. The predicted octanol–water partition coefficient (Wildman–Crippen LogP) is 3.95. The number of carbonyl (C=O) groups is 2. The topological polar surface area (TPSA) is 67.9 Å². The summed E-state index contributed by atoms with van der Waals surface area (Å²) >= 11 is 0. The van der Waals surface area contributed by atoms with Crippen LogP contribution in [0.25, 0.3) is 0 Å². The Morgan fingerprint density at radius 3 is 2.61 bits per heavy atom. The molecule has 31 heavy (non-hydrogen) atoms. The van der Waals surface area contributed by atoms with Gasteiger partial charge in [0.05, 0.1) is 6.10 Å². The highest BCUT2D eigenvalue weighted by Gasteiger charge is 2.25. The molecule has 1 N–H and O–H groups in total. The van der Waals surface area contributed by atoms with Crippen LogP contribution in [0.2, 0.25) is 0 Å². The van der Waals surface area contributed by atoms with Crippen LogP contribution in [-0.2, 0) is 14.3 Å². The third-order valence-electron chi connectivity index (χ3n) is 5.85. The monoisotopic (exact) mass is 424 g/mol. The average Bonchev–Trinajstić information content (AvgIpc) is 3.25. The van der Waals surface area contributed by atoms with Gasteiger partial charge in [-0.1, -0.05) is 18.2 Å². The SMILES string of the molecule is Cc1ccc(OCC(=O)N(CC(=O)Nc2cccc(C)c2C)C[C@H]2CCCO2)cc1C. The number of anilines is 1. The van der Waals surface area contributed by atoms with Crippen LogP contribution in [0, 0.1) is 27.7 Å². The quantitative estimate of drug-likeness (QED) is 0.697. The van der Waals surface area contributed by atoms with Crippen LogP contribution in [0.3, 0.4) is 0 Å². The maximum Gasteiger partial charge on any atom is 0.261 e. The molecular weight excluding hydrogens is 392 g/mol. The van der Waals surface area contributed by atoms with Crippen molar-refractivity contribution in [1.29, 1.82) is 0 Å². The van der Waals surface area contributed by atoms with Crippen molar-refractivity contribution in [2.75, 3.05) is 31.6 Å². The Balaban J connectivity index is 1.64. The first kappa shape index (κ1) is 22.8. The highest BCUT2D eigenvalue weighted by molar-refractivity contribution is 5.95. The van der Waals surface area contributed by atoms with Gasteiger partial charge in [0.2, 0.25) is 5.91 Å². The number of carbonyl (C=O) groups excluding carboxylic acids is 2. The van der Waals surface area contributed by atoms with E-state index >= 15 is 0 Å². The summed E-state index contributed by atoms with van der Waals surface area (Å²) in [6, 6.07) is 11.5. The smallest absolute Gasteiger partial charge is 0.261 e. The van der Waals surface area contributed by atoms with Crippen LogP contribution in [0.4, 0.5) is 5.69 Å². The molecule has 3 rings (SSSR count). The molecule has 1 fully saturated rings. The second kappa shape index (κ2) is 10.4. The Kier molecular flexibility index (Phi) is 7.69. The van der Waals surface area contributed by atoms with Crippen molar-refractivity contribution in [2.24, 2.45) is 0 Å². The summed E-state index contributed by atoms with van der Waals surface area (Å²) in [7, 11) is 0. The molecule has 0 bridgehead atoms. The van der Waals surface area contributed by atoms with Gasteiger partial charge in [0.25, 0.3) is 5.91 Å². The average molecular weight is 425 g/mol. The summed E-state index contributed by atoms with van der Waals surface area (Å²) < 4.78 is 11.4. The molecule has 0 saturated carbocycles. The summed E-state index contributed by atoms with van der Waals surface area (Å²) in [5.74, 6) is 0.185. The van der Waals surface area contributed by atoms with Gasteiger partial charge < -0.3 is 19.7 Å². The minimum absolute atomic E-state index is 0.0393. The van der Waals surface area contributed by atoms with E-state index in [1.165, 1.54) is 10.5 Å². The van der Waals surface area contributed by atoms with E-state index in [-0.39, 0.29) is 31.1 Å². The van der Waals surface area contributed by atoms with Crippen LogP contribution in [0.5, 0.6) is 5.75 Å². The Hall–Kier alpha value is -2.86. The van der Waals surface area contributed by atoms with Gasteiger partial charge in [-0.15, -0.1) is 0 Å². The first-order chi connectivity index (χ1) is 14.8. The lowest BCUT2D eigenvalue weighted by molar-refractivity contribution is -0.138. The Morgan fingerprint density at radius 2 is 1.90 bits per heavy atom. The molecule has 166 valence electrons. The van der Waals surface area contributed by atoms with Crippen LogP contribution < -0.4 is 10.1 Å². The summed E-state index contributed by atoms with van der Waals surface area (Å²) in [6.45, 7) is 8.93. The fourth-order valence-electron chi connectivity index (χ4n) is 3.58. The van der Waals surface area contributed by atoms with Crippen molar-refractivity contribution in [2.45, 2.75) is 46.6 Å². The third kappa shape index (κ3) is 6.31. The molecule has 2 aromatic rings. The molecule has 0 spiro atoms. The van der Waals surface area contributed by atoms with Gasteiger partial charge in [0.15, 0.2) is 6.61 Å². The number of ether oxygens (including phenoxy) is 2. The molecule has 0 unspecified atom stereocenters. The van der Waals surface area contributed by atoms with E-state index in [1.807, 2.05) is 64.1 Å². The fraction of sp³-hybridized carbons (Fsp3) is 0.440. The van der Waals surface area contributed by atoms with Crippen molar-refractivity contribution in [3.8, 4) is 5.75 Å². The third-order valence-corrected chi connectivity index (χ3v) is 5.85. The number of benzene rings is 2. The summed E-state index contributed by atoms with van der Waals surface area (Å²) in [5.41, 5.74) is 5.16. The molecule has 1 atom stereocenters. The molecule has 6 heteroatoms. The predicted molar refractivity (Wildman–Crippen MR) is 122 cm³/mol. The number of hydrogen-bond acceptors (Lipinski definition) is 4. The molecular formula is C25H32N2O4. The maximum absolute atomic E-state index is 12.9. The molecule has 1 saturated heterocycles. The van der Waals surface area contributed by atoms with Crippen LogP contribution in [-0.4, -0.2) is 49.1 Å². The number of nitrogens with one attached hydrogen (secondary N) is 1. The number of nitrogens with zero attached hydrogens (tertiary/aromatic N) is 1. The van der Waals surface area contributed by atoms with Gasteiger partial charge in [-0.3, -0.25) is 9.59 Å². The van der Waals surface area contributed by atoms with E-state index in [1.54, 1.807) is 0 Å². The number of rotatable bonds is 8. The zero-order valence-corrected chi connectivity index (χ0v) is 18.9. The maximum atomic E-state index is 12.9. The molecule has 1 aliphatic rings. The van der Waals surface area contributed by atoms with Crippen molar-refractivity contribution >= 4 is 17.5 Å². The van der Waals surface area contributed by atoms with Crippen molar-refractivity contribution < 1.29 is 19.1 Å². The van der Waals surface area contributed by atoms with E-state index in [2.05, 4.69) is 5.32 Å². The van der Waals surface area contributed by atoms with E-state index < -0.39 is 0 Å². The highest BCUT2D eigenvalue weighted by Crippen LogP contribution is 2.19. The zero-order valence-electron chi connectivity index (χ0n) is 18.9. The molecule has 0 radical (unpaired) electrons. The molecule has 2 amide bonds. The molecule has 0 aliphatic carbocycles. The lowest BCUT2D eigenvalue weighted by atomic mass is 10.1. The van der Waals surface area contributed by atoms with Crippen LogP contribution in [0.15, 0.2) is 36.4 Å². The number of hydrogen-bond donors (Lipinski definition) is 1. The van der Waals surface area contributed by atoms with E-state index in [4.69, 9.17) is 9.47 Å². The molecule has 6 nitrogen and oxygen atoms in total. The van der Waals surface area contributed by atoms with E-state index in [9.17, 15) is 9.59 Å². The second-order valence-corrected chi connectivity index (χ2v) is 8.24. The Bertz CT molecular complexity index is 935. The van der Waals surface area contributed by atoms with Gasteiger partial charge in [0.1, 0.15) is 12.3 Å². The standard InChI is InChI=1S/C25H32N2O4/c1-17-10-11-21(13-19(17)3)31-16-25(29)27(14-22-8-6-12-30-22)15-24(28)26-23-9-5-7-18(2)20(23)4/h5,7,9-11,13,22H,6,8,12,14-16H2,1-4H3,(H,26,28)/t22-/m1/s1. The fourth-order valence-corrected chi connectivity index (χ4v) is 3.58. The lowest BCUT2D eigenvalue weighted by Gasteiger charge is -2.25. The van der Waals surface area contributed by atoms with Crippen LogP contribution >= 0.6 is 0 Å². The molecule has 1 aliphatic heterocycles. The highest BCUT2D eigenvalue weighted by atomic mass is 16.5. The number of amides is 2. The largest absolute Gasteiger partial charge is 0.484 e. The van der Waals surface area contributed by atoms with Gasteiger partial charge in [0, 0.05) is 18.8 Å². The van der Waals surface area contributed by atoms with Gasteiger partial charge in [-0.2, -0.15) is 0 Å². The van der Waals surface area contributed by atoms with Gasteiger partial charge in [-0.25, -0.2) is 0 Å². The van der Waals surface area contributed by atoms with Crippen molar-refractivity contribution in [3.05, 3.63) is 58.7 Å². The van der Waals surface area contributed by atoms with Gasteiger partial charge in [-0.05, 0) is 81.0 Å². The minimum atomic E-state index is -0.232. The first-order valence-corrected chi connectivity index (χ1v) is 10.8. The Labute approximate surface area is 184 Å². The molecule has 1 heterocycles. The Morgan fingerprint density at radius 1 is 1.10 bits per heavy atom. The van der Waals surface area contributed by atoms with Crippen molar-refractivity contribution in [1.82, 2.24) is 4.90 Å². The van der Waals surface area contributed by atoms with E-state index in [0.717, 1.165) is 35.2 Å². The van der Waals surface area contributed by atoms with Gasteiger partial charge >= 0.3 is 0 Å². The molecule has 0 aromatic heterocycles. The normalized spacial score (nSPS) is 15.5. The first-order valence-electron chi connectivity index (χ1n) is 10.8. The lowest BCUT2D eigenvalue weighted by Crippen LogP contribution is -2.44. The summed E-state index contributed by atoms with van der Waals surface area (Å²) in [5, 5.41) is 2.93. The van der Waals surface area contributed by atoms with Crippen molar-refractivity contribution in [3.63, 3.8) is 0 Å². The summed E-state index contributed by atoms with van der Waals surface area (Å²) in [4.78, 5) is 27.2. The zero-order chi connectivity index (χ0) is 22.4. The van der Waals surface area contributed by atoms with E-state index in [0.29, 0.717) is 18.9 Å². The summed E-state index contributed by atoms with van der Waals surface area (Å²) in [6.07, 6.45) is 1.82.